The van der Waals surface area contributed by atoms with E-state index in [0.717, 1.165) is 0 Å². The van der Waals surface area contributed by atoms with Gasteiger partial charge in [0.1, 0.15) is 0 Å². The molecule has 0 amide bonds. The fourth-order valence-electron chi connectivity index (χ4n) is 0.968. The SMILES string of the molecule is BN(CCCC)CCCC. The van der Waals surface area contributed by atoms with Gasteiger partial charge in [-0.05, 0) is 25.9 Å². The minimum absolute atomic E-state index is 1.27. The monoisotopic (exact) mass is 141 g/mol. The Kier molecular flexibility index (Phi) is 7.15. The van der Waals surface area contributed by atoms with Gasteiger partial charge >= 0.3 is 0 Å². The quantitative estimate of drug-likeness (QED) is 0.506. The Bertz CT molecular complexity index is 58.3. The number of unbranched alkanes of at least 4 members (excludes halogenated alkanes) is 2. The molecule has 0 saturated carbocycles. The van der Waals surface area contributed by atoms with Crippen LogP contribution in [-0.2, 0) is 0 Å². The molecular formula is C8H20BN. The lowest BCUT2D eigenvalue weighted by Crippen LogP contribution is -2.22. The van der Waals surface area contributed by atoms with Gasteiger partial charge in [-0.25, -0.2) is 0 Å². The number of rotatable bonds is 6. The molecule has 10 heavy (non-hydrogen) atoms. The van der Waals surface area contributed by atoms with Gasteiger partial charge in [0.15, 0.2) is 7.98 Å². The highest BCUT2D eigenvalue weighted by molar-refractivity contribution is 6.04. The third kappa shape index (κ3) is 6.15. The van der Waals surface area contributed by atoms with E-state index in [0.29, 0.717) is 0 Å². The van der Waals surface area contributed by atoms with Gasteiger partial charge < -0.3 is 4.81 Å². The normalized spacial score (nSPS) is 10.7. The molecule has 0 spiro atoms. The maximum absolute atomic E-state index is 2.42. The summed E-state index contributed by atoms with van der Waals surface area (Å²) in [6.07, 6.45) is 5.33. The minimum atomic E-state index is 1.27. The molecule has 0 fully saturated rings. The predicted octanol–water partition coefficient (Wildman–Crippen LogP) is 1.44. The van der Waals surface area contributed by atoms with Crippen molar-refractivity contribution in [1.82, 2.24) is 4.81 Å². The van der Waals surface area contributed by atoms with Gasteiger partial charge in [-0.3, -0.25) is 0 Å². The Labute approximate surface area is 66.2 Å². The van der Waals surface area contributed by atoms with Crippen molar-refractivity contribution in [3.05, 3.63) is 0 Å². The van der Waals surface area contributed by atoms with E-state index < -0.39 is 0 Å². The van der Waals surface area contributed by atoms with E-state index in [4.69, 9.17) is 0 Å². The van der Waals surface area contributed by atoms with E-state index in [1.807, 2.05) is 0 Å². The molecule has 0 aliphatic rings. The summed E-state index contributed by atoms with van der Waals surface area (Å²) in [6, 6.07) is 0. The van der Waals surface area contributed by atoms with Crippen molar-refractivity contribution in [1.29, 1.82) is 0 Å². The minimum Gasteiger partial charge on any atom is -0.349 e. The van der Waals surface area contributed by atoms with Crippen LogP contribution in [0, 0.1) is 0 Å². The van der Waals surface area contributed by atoms with Gasteiger partial charge in [0.25, 0.3) is 0 Å². The molecule has 0 aliphatic carbocycles. The molecule has 0 unspecified atom stereocenters. The molecule has 0 rings (SSSR count). The van der Waals surface area contributed by atoms with Crippen LogP contribution in [0.2, 0.25) is 0 Å². The van der Waals surface area contributed by atoms with Crippen LogP contribution in [0.25, 0.3) is 0 Å². The first-order valence-corrected chi connectivity index (χ1v) is 4.49. The van der Waals surface area contributed by atoms with Crippen molar-refractivity contribution in [2.24, 2.45) is 0 Å². The molecule has 0 N–H and O–H groups in total. The third-order valence-electron chi connectivity index (χ3n) is 1.79. The van der Waals surface area contributed by atoms with E-state index >= 15 is 0 Å². The maximum Gasteiger partial charge on any atom is 0.185 e. The van der Waals surface area contributed by atoms with Crippen LogP contribution in [-0.4, -0.2) is 25.9 Å². The molecule has 0 bridgehead atoms. The highest BCUT2D eigenvalue weighted by atomic mass is 15.0. The Hall–Kier alpha value is 0.0249. The first kappa shape index (κ1) is 10.0. The first-order chi connectivity index (χ1) is 4.81. The predicted molar refractivity (Wildman–Crippen MR) is 49.9 cm³/mol. The Balaban J connectivity index is 3.00. The summed E-state index contributed by atoms with van der Waals surface area (Å²) in [5.74, 6) is 0. The average Bonchev–Trinajstić information content (AvgIpc) is 1.97. The fraction of sp³-hybridized carbons (Fsp3) is 1.00. The molecule has 0 aromatic carbocycles. The number of hydrogen-bond donors (Lipinski definition) is 0. The molecule has 2 heteroatoms. The van der Waals surface area contributed by atoms with Crippen molar-refractivity contribution >= 4 is 7.98 Å². The summed E-state index contributed by atoms with van der Waals surface area (Å²) in [6.45, 7) is 7.04. The fourth-order valence-corrected chi connectivity index (χ4v) is 0.968. The summed E-state index contributed by atoms with van der Waals surface area (Å²) >= 11 is 0. The molecule has 0 radical (unpaired) electrons. The van der Waals surface area contributed by atoms with Crippen LogP contribution in [0.1, 0.15) is 39.5 Å². The summed E-state index contributed by atoms with van der Waals surface area (Å²) in [4.78, 5) is 2.42. The zero-order valence-electron chi connectivity index (χ0n) is 7.69. The van der Waals surface area contributed by atoms with Gasteiger partial charge in [0, 0.05) is 0 Å². The second kappa shape index (κ2) is 7.14. The van der Waals surface area contributed by atoms with Crippen LogP contribution in [0.15, 0.2) is 0 Å². The van der Waals surface area contributed by atoms with Crippen molar-refractivity contribution in [2.75, 3.05) is 13.1 Å². The molecule has 60 valence electrons. The summed E-state index contributed by atoms with van der Waals surface area (Å²) in [5.41, 5.74) is 0. The second-order valence-electron chi connectivity index (χ2n) is 3.01. The third-order valence-corrected chi connectivity index (χ3v) is 1.79. The van der Waals surface area contributed by atoms with Crippen LogP contribution < -0.4 is 0 Å². The van der Waals surface area contributed by atoms with E-state index in [2.05, 4.69) is 26.6 Å². The summed E-state index contributed by atoms with van der Waals surface area (Å²) in [5, 5.41) is 0. The Morgan fingerprint density at radius 3 is 1.70 bits per heavy atom. The van der Waals surface area contributed by atoms with Gasteiger partial charge in [-0.15, -0.1) is 0 Å². The highest BCUT2D eigenvalue weighted by Crippen LogP contribution is 1.94. The first-order valence-electron chi connectivity index (χ1n) is 4.49. The lowest BCUT2D eigenvalue weighted by atomic mass is 10.2. The van der Waals surface area contributed by atoms with E-state index in [-0.39, 0.29) is 0 Å². The van der Waals surface area contributed by atoms with Crippen LogP contribution in [0.3, 0.4) is 0 Å². The van der Waals surface area contributed by atoms with Gasteiger partial charge in [0.2, 0.25) is 0 Å². The standard InChI is InChI=1S/C8H20BN/c1-3-5-7-10(9)8-6-4-2/h3-9H2,1-2H3. The van der Waals surface area contributed by atoms with E-state index in [9.17, 15) is 0 Å². The molecule has 0 aliphatic heterocycles. The molecule has 0 aromatic heterocycles. The number of nitrogens with zero attached hydrogens (tertiary/aromatic N) is 1. The van der Waals surface area contributed by atoms with Gasteiger partial charge in [0.05, 0.1) is 0 Å². The second-order valence-corrected chi connectivity index (χ2v) is 3.01. The molecule has 1 nitrogen and oxygen atoms in total. The summed E-state index contributed by atoms with van der Waals surface area (Å²) < 4.78 is 0. The molecule has 0 aromatic rings. The average molecular weight is 141 g/mol. The molecular weight excluding hydrogens is 121 g/mol. The number of hydrogen-bond acceptors (Lipinski definition) is 1. The molecule has 0 heterocycles. The zero-order valence-corrected chi connectivity index (χ0v) is 7.69. The topological polar surface area (TPSA) is 3.24 Å². The lowest BCUT2D eigenvalue weighted by Gasteiger charge is -2.15. The van der Waals surface area contributed by atoms with Gasteiger partial charge in [-0.2, -0.15) is 0 Å². The highest BCUT2D eigenvalue weighted by Gasteiger charge is 1.94. The maximum atomic E-state index is 2.42. The Morgan fingerprint density at radius 1 is 1.00 bits per heavy atom. The largest absolute Gasteiger partial charge is 0.349 e. The lowest BCUT2D eigenvalue weighted by molar-refractivity contribution is 0.429. The van der Waals surface area contributed by atoms with Crippen molar-refractivity contribution in [3.8, 4) is 0 Å². The van der Waals surface area contributed by atoms with Crippen LogP contribution in [0.5, 0.6) is 0 Å². The Morgan fingerprint density at radius 2 is 1.40 bits per heavy atom. The zero-order chi connectivity index (χ0) is 7.82. The van der Waals surface area contributed by atoms with Crippen molar-refractivity contribution in [2.45, 2.75) is 39.5 Å². The van der Waals surface area contributed by atoms with Crippen molar-refractivity contribution in [3.63, 3.8) is 0 Å². The van der Waals surface area contributed by atoms with Crippen LogP contribution in [0.4, 0.5) is 0 Å². The smallest absolute Gasteiger partial charge is 0.185 e. The van der Waals surface area contributed by atoms with E-state index in [1.165, 1.54) is 38.8 Å². The van der Waals surface area contributed by atoms with Gasteiger partial charge in [-0.1, -0.05) is 26.7 Å². The van der Waals surface area contributed by atoms with Crippen molar-refractivity contribution < 1.29 is 0 Å². The van der Waals surface area contributed by atoms with E-state index in [1.54, 1.807) is 0 Å². The molecule has 0 atom stereocenters. The summed E-state index contributed by atoms with van der Waals surface area (Å²) in [7, 11) is 2.21. The van der Waals surface area contributed by atoms with Crippen LogP contribution >= 0.6 is 0 Å². The molecule has 0 saturated heterocycles.